The summed E-state index contributed by atoms with van der Waals surface area (Å²) in [5.74, 6) is 1.31. The molecule has 0 spiro atoms. The standard InChI is InChI=1S/C37H38N6OS2/c1-3-42-19-21-43(22-20-42)18-9-23-44-31-15-8-14-30(25-31)40-37-39-17-16-33(41-37)35-34(32(26-38)36(45-2)46-35)29-13-7-12-28(24-29)27-10-5-4-6-11-27/h4-8,10-17,24-25H,3,9,18-23H2,1-2H3,(H,39,40,41). The second kappa shape index (κ2) is 15.4. The van der Waals surface area contributed by atoms with Crippen molar-refractivity contribution in [2.24, 2.45) is 0 Å². The molecule has 0 bridgehead atoms. The van der Waals surface area contributed by atoms with Crippen LogP contribution in [0.15, 0.2) is 95.3 Å². The van der Waals surface area contributed by atoms with E-state index >= 15 is 0 Å². The maximum Gasteiger partial charge on any atom is 0.227 e. The molecule has 6 rings (SSSR count). The van der Waals surface area contributed by atoms with Gasteiger partial charge in [0.15, 0.2) is 0 Å². The van der Waals surface area contributed by atoms with Crippen LogP contribution >= 0.6 is 23.1 Å². The molecule has 2 aromatic heterocycles. The highest BCUT2D eigenvalue weighted by atomic mass is 32.2. The number of benzene rings is 3. The second-order valence-electron chi connectivity index (χ2n) is 11.1. The lowest BCUT2D eigenvalue weighted by atomic mass is 9.96. The van der Waals surface area contributed by atoms with Crippen molar-refractivity contribution in [2.75, 3.05) is 57.4 Å². The Kier molecular flexibility index (Phi) is 10.6. The number of aromatic nitrogens is 2. The van der Waals surface area contributed by atoms with Crippen LogP contribution in [0, 0.1) is 11.3 Å². The van der Waals surface area contributed by atoms with Crippen LogP contribution in [-0.2, 0) is 0 Å². The number of anilines is 2. The maximum atomic E-state index is 10.3. The lowest BCUT2D eigenvalue weighted by Gasteiger charge is -2.33. The summed E-state index contributed by atoms with van der Waals surface area (Å²) in [5.41, 5.74) is 6.44. The Balaban J connectivity index is 1.18. The number of thioether (sulfide) groups is 1. The number of nitrogens with one attached hydrogen (secondary N) is 1. The first kappa shape index (κ1) is 31.8. The zero-order chi connectivity index (χ0) is 31.7. The summed E-state index contributed by atoms with van der Waals surface area (Å²) in [4.78, 5) is 15.4. The van der Waals surface area contributed by atoms with Crippen molar-refractivity contribution in [1.82, 2.24) is 19.8 Å². The highest BCUT2D eigenvalue weighted by Gasteiger charge is 2.22. The number of piperazine rings is 1. The van der Waals surface area contributed by atoms with Gasteiger partial charge >= 0.3 is 0 Å². The molecule has 7 nitrogen and oxygen atoms in total. The van der Waals surface area contributed by atoms with Crippen molar-refractivity contribution >= 4 is 34.7 Å². The molecular weight excluding hydrogens is 609 g/mol. The molecule has 3 heterocycles. The first-order valence-electron chi connectivity index (χ1n) is 15.7. The van der Waals surface area contributed by atoms with E-state index in [0.717, 1.165) is 94.2 Å². The molecule has 1 fully saturated rings. The van der Waals surface area contributed by atoms with Gasteiger partial charge in [0.2, 0.25) is 5.95 Å². The van der Waals surface area contributed by atoms with Crippen LogP contribution in [-0.4, -0.2) is 71.9 Å². The average Bonchev–Trinajstić information content (AvgIpc) is 3.50. The van der Waals surface area contributed by atoms with Gasteiger partial charge < -0.3 is 19.9 Å². The van der Waals surface area contributed by atoms with E-state index in [1.54, 1.807) is 29.3 Å². The number of likely N-dealkylation sites (N-methyl/N-ethyl adjacent to an activating group) is 1. The molecule has 0 atom stereocenters. The van der Waals surface area contributed by atoms with Crippen LogP contribution in [0.25, 0.3) is 32.8 Å². The van der Waals surface area contributed by atoms with Crippen molar-refractivity contribution in [3.05, 3.63) is 96.7 Å². The van der Waals surface area contributed by atoms with Crippen molar-refractivity contribution in [1.29, 1.82) is 5.26 Å². The van der Waals surface area contributed by atoms with E-state index in [4.69, 9.17) is 9.72 Å². The van der Waals surface area contributed by atoms with Crippen LogP contribution in [0.3, 0.4) is 0 Å². The summed E-state index contributed by atoms with van der Waals surface area (Å²) in [6.45, 7) is 9.68. The summed E-state index contributed by atoms with van der Waals surface area (Å²) in [6.07, 6.45) is 4.77. The second-order valence-corrected chi connectivity index (χ2v) is 13.2. The van der Waals surface area contributed by atoms with Gasteiger partial charge in [0, 0.05) is 56.2 Å². The molecule has 234 valence electrons. The topological polar surface area (TPSA) is 77.3 Å². The first-order valence-corrected chi connectivity index (χ1v) is 17.7. The fraction of sp³-hybridized carbons (Fsp3) is 0.270. The van der Waals surface area contributed by atoms with Crippen molar-refractivity contribution in [3.8, 4) is 44.6 Å². The van der Waals surface area contributed by atoms with Crippen LogP contribution in [0.2, 0.25) is 0 Å². The van der Waals surface area contributed by atoms with Gasteiger partial charge in [-0.2, -0.15) is 5.26 Å². The van der Waals surface area contributed by atoms with Crippen LogP contribution in [0.4, 0.5) is 11.6 Å². The number of nitrogens with zero attached hydrogens (tertiary/aromatic N) is 5. The molecule has 0 aliphatic carbocycles. The Bertz CT molecular complexity index is 1790. The van der Waals surface area contributed by atoms with Gasteiger partial charge in [-0.05, 0) is 60.2 Å². The monoisotopic (exact) mass is 646 g/mol. The minimum atomic E-state index is 0.488. The summed E-state index contributed by atoms with van der Waals surface area (Å²) in [6, 6.07) is 31.0. The normalized spacial score (nSPS) is 13.8. The molecular formula is C37H38N6OS2. The molecule has 5 aromatic rings. The Morgan fingerprint density at radius 2 is 1.67 bits per heavy atom. The van der Waals surface area contributed by atoms with Crippen molar-refractivity contribution in [2.45, 2.75) is 17.6 Å². The van der Waals surface area contributed by atoms with Crippen molar-refractivity contribution in [3.63, 3.8) is 0 Å². The maximum absolute atomic E-state index is 10.3. The number of hydrogen-bond acceptors (Lipinski definition) is 9. The highest BCUT2D eigenvalue weighted by Crippen LogP contribution is 2.46. The zero-order valence-electron chi connectivity index (χ0n) is 26.3. The minimum absolute atomic E-state index is 0.488. The van der Waals surface area contributed by atoms with Gasteiger partial charge in [0.05, 0.1) is 27.0 Å². The predicted molar refractivity (Wildman–Crippen MR) is 191 cm³/mol. The highest BCUT2D eigenvalue weighted by molar-refractivity contribution is 8.00. The van der Waals surface area contributed by atoms with E-state index in [0.29, 0.717) is 18.1 Å². The average molecular weight is 647 g/mol. The molecule has 1 aliphatic heterocycles. The third-order valence-electron chi connectivity index (χ3n) is 8.21. The van der Waals surface area contributed by atoms with Gasteiger partial charge in [-0.15, -0.1) is 23.1 Å². The number of hydrogen-bond donors (Lipinski definition) is 1. The zero-order valence-corrected chi connectivity index (χ0v) is 27.9. The molecule has 1 aliphatic rings. The third kappa shape index (κ3) is 7.60. The van der Waals surface area contributed by atoms with Crippen molar-refractivity contribution < 1.29 is 4.74 Å². The lowest BCUT2D eigenvalue weighted by Crippen LogP contribution is -2.46. The van der Waals surface area contributed by atoms with E-state index in [1.165, 1.54) is 0 Å². The van der Waals surface area contributed by atoms with Gasteiger partial charge in [-0.25, -0.2) is 9.97 Å². The number of thiophene rings is 1. The summed E-state index contributed by atoms with van der Waals surface area (Å²) in [7, 11) is 0. The molecule has 0 radical (unpaired) electrons. The lowest BCUT2D eigenvalue weighted by molar-refractivity contribution is 0.130. The van der Waals surface area contributed by atoms with Gasteiger partial charge in [-0.3, -0.25) is 0 Å². The smallest absolute Gasteiger partial charge is 0.227 e. The van der Waals surface area contributed by atoms with E-state index in [-0.39, 0.29) is 0 Å². The Labute approximate surface area is 279 Å². The summed E-state index contributed by atoms with van der Waals surface area (Å²) < 4.78 is 7.08. The number of rotatable bonds is 12. The molecule has 46 heavy (non-hydrogen) atoms. The number of nitriles is 1. The van der Waals surface area contributed by atoms with E-state index < -0.39 is 0 Å². The van der Waals surface area contributed by atoms with E-state index in [1.807, 2.05) is 54.8 Å². The van der Waals surface area contributed by atoms with Crippen LogP contribution < -0.4 is 10.1 Å². The van der Waals surface area contributed by atoms with E-state index in [9.17, 15) is 5.26 Å². The van der Waals surface area contributed by atoms with Crippen LogP contribution in [0.5, 0.6) is 5.75 Å². The van der Waals surface area contributed by atoms with Gasteiger partial charge in [-0.1, -0.05) is 61.5 Å². The molecule has 0 saturated carbocycles. The molecule has 9 heteroatoms. The van der Waals surface area contributed by atoms with E-state index in [2.05, 4.69) is 69.5 Å². The summed E-state index contributed by atoms with van der Waals surface area (Å²) in [5, 5.41) is 13.6. The van der Waals surface area contributed by atoms with Gasteiger partial charge in [0.1, 0.15) is 11.8 Å². The third-order valence-corrected chi connectivity index (χ3v) is 10.5. The predicted octanol–water partition coefficient (Wildman–Crippen LogP) is 8.28. The summed E-state index contributed by atoms with van der Waals surface area (Å²) >= 11 is 3.19. The molecule has 0 amide bonds. The minimum Gasteiger partial charge on any atom is -0.493 e. The Morgan fingerprint density at radius 3 is 2.46 bits per heavy atom. The van der Waals surface area contributed by atoms with Crippen LogP contribution in [0.1, 0.15) is 18.9 Å². The number of ether oxygens (including phenoxy) is 1. The molecule has 1 saturated heterocycles. The molecule has 0 unspecified atom stereocenters. The largest absolute Gasteiger partial charge is 0.493 e. The quantitative estimate of drug-likeness (QED) is 0.107. The molecule has 3 aromatic carbocycles. The Hall–Kier alpha value is -4.20. The van der Waals surface area contributed by atoms with Gasteiger partial charge in [0.25, 0.3) is 0 Å². The Morgan fingerprint density at radius 1 is 0.913 bits per heavy atom. The fourth-order valence-electron chi connectivity index (χ4n) is 5.74. The SMILES string of the molecule is CCN1CCN(CCCOc2cccc(Nc3nccc(-c4sc(SC)c(C#N)c4-c4cccc(-c5ccccc5)c4)n3)c2)CC1. The fourth-order valence-corrected chi connectivity index (χ4v) is 7.65. The first-order chi connectivity index (χ1) is 22.6. The molecule has 1 N–H and O–H groups in total.